The van der Waals surface area contributed by atoms with Crippen molar-refractivity contribution < 1.29 is 14.4 Å². The number of benzene rings is 3. The molecule has 238 valence electrons. The van der Waals surface area contributed by atoms with Crippen molar-refractivity contribution in [2.75, 3.05) is 11.9 Å². The van der Waals surface area contributed by atoms with Gasteiger partial charge in [-0.3, -0.25) is 14.4 Å². The molecule has 4 aromatic rings. The fraction of sp³-hybridized carbons (Fsp3) is 0.405. The van der Waals surface area contributed by atoms with E-state index in [-0.39, 0.29) is 29.8 Å². The van der Waals surface area contributed by atoms with Gasteiger partial charge in [0.1, 0.15) is 5.78 Å². The van der Waals surface area contributed by atoms with Crippen LogP contribution in [0.25, 0.3) is 22.5 Å². The maximum absolute atomic E-state index is 13.7. The summed E-state index contributed by atoms with van der Waals surface area (Å²) in [5, 5.41) is 17.1. The predicted octanol–water partition coefficient (Wildman–Crippen LogP) is 6.35. The van der Waals surface area contributed by atoms with E-state index >= 15 is 0 Å². The molecule has 1 amide bonds. The molecule has 1 heterocycles. The molecule has 1 atom stereocenters. The van der Waals surface area contributed by atoms with Crippen molar-refractivity contribution in [3.63, 3.8) is 0 Å². The lowest BCUT2D eigenvalue weighted by molar-refractivity contribution is -0.129. The minimum absolute atomic E-state index is 0.0166. The highest BCUT2D eigenvalue weighted by molar-refractivity contribution is 5.98. The van der Waals surface area contributed by atoms with E-state index in [4.69, 9.17) is 5.73 Å². The molecule has 0 aliphatic heterocycles. The molecule has 0 bridgehead atoms. The van der Waals surface area contributed by atoms with Crippen molar-refractivity contribution in [2.45, 2.75) is 64.7 Å². The summed E-state index contributed by atoms with van der Waals surface area (Å²) in [4.78, 5) is 39.8. The molecule has 1 unspecified atom stereocenters. The first-order chi connectivity index (χ1) is 22.4. The van der Waals surface area contributed by atoms with Crippen LogP contribution in [-0.4, -0.2) is 44.6 Å². The van der Waals surface area contributed by atoms with Crippen molar-refractivity contribution in [2.24, 2.45) is 29.4 Å². The number of nitrogens with zero attached hydrogens (tertiary/aromatic N) is 3. The highest BCUT2D eigenvalue weighted by atomic mass is 16.2. The normalized spacial score (nSPS) is 18.6. The summed E-state index contributed by atoms with van der Waals surface area (Å²) >= 11 is 0. The molecule has 2 fully saturated rings. The van der Waals surface area contributed by atoms with Gasteiger partial charge in [-0.25, -0.2) is 0 Å². The molecule has 4 N–H and O–H groups in total. The summed E-state index contributed by atoms with van der Waals surface area (Å²) in [5.41, 5.74) is 12.2. The van der Waals surface area contributed by atoms with Gasteiger partial charge >= 0.3 is 0 Å². The highest BCUT2D eigenvalue weighted by Crippen LogP contribution is 2.35. The van der Waals surface area contributed by atoms with E-state index < -0.39 is 5.92 Å². The van der Waals surface area contributed by atoms with Gasteiger partial charge in [0.25, 0.3) is 0 Å². The molecule has 9 heteroatoms. The molecule has 2 saturated carbocycles. The van der Waals surface area contributed by atoms with Crippen LogP contribution in [0.4, 0.5) is 5.69 Å². The summed E-state index contributed by atoms with van der Waals surface area (Å²) < 4.78 is 0. The van der Waals surface area contributed by atoms with Crippen LogP contribution in [0.5, 0.6) is 0 Å². The number of ketones is 2. The molecule has 6 rings (SSSR count). The van der Waals surface area contributed by atoms with Gasteiger partial charge in [0.2, 0.25) is 11.7 Å². The number of nitrogens with two attached hydrogens (primary N) is 1. The van der Waals surface area contributed by atoms with Crippen molar-refractivity contribution in [1.82, 2.24) is 20.6 Å². The first-order valence-corrected chi connectivity index (χ1v) is 16.5. The van der Waals surface area contributed by atoms with Crippen LogP contribution < -0.4 is 11.1 Å². The number of hydrogen-bond acceptors (Lipinski definition) is 7. The van der Waals surface area contributed by atoms with E-state index in [1.54, 1.807) is 12.1 Å². The third kappa shape index (κ3) is 7.83. The van der Waals surface area contributed by atoms with Crippen LogP contribution in [0.3, 0.4) is 0 Å². The molecule has 2 aliphatic rings. The molecule has 0 radical (unpaired) electrons. The monoisotopic (exact) mass is 618 g/mol. The lowest BCUT2D eigenvalue weighted by Gasteiger charge is -2.27. The topological polar surface area (TPSA) is 144 Å². The zero-order valence-corrected chi connectivity index (χ0v) is 26.4. The summed E-state index contributed by atoms with van der Waals surface area (Å²) in [6, 6.07) is 21.5. The van der Waals surface area contributed by atoms with Crippen LogP contribution in [0.15, 0.2) is 66.7 Å². The van der Waals surface area contributed by atoms with Gasteiger partial charge in [0.05, 0.1) is 0 Å². The Morgan fingerprint density at radius 3 is 2.17 bits per heavy atom. The van der Waals surface area contributed by atoms with Crippen molar-refractivity contribution in [1.29, 1.82) is 0 Å². The van der Waals surface area contributed by atoms with E-state index in [1.165, 1.54) is 0 Å². The maximum Gasteiger partial charge on any atom is 0.228 e. The minimum atomic E-state index is -0.513. The Hall–Kier alpha value is -4.50. The van der Waals surface area contributed by atoms with E-state index in [2.05, 4.69) is 44.1 Å². The predicted molar refractivity (Wildman–Crippen MR) is 178 cm³/mol. The van der Waals surface area contributed by atoms with Gasteiger partial charge in [0.15, 0.2) is 5.78 Å². The molecule has 1 aromatic heterocycles. The summed E-state index contributed by atoms with van der Waals surface area (Å²) in [6.07, 6.45) is 7.23. The Balaban J connectivity index is 1.15. The third-order valence-electron chi connectivity index (χ3n) is 9.68. The van der Waals surface area contributed by atoms with Crippen molar-refractivity contribution in [3.8, 4) is 22.5 Å². The van der Waals surface area contributed by atoms with Crippen LogP contribution in [-0.2, 0) is 16.0 Å². The molecule has 2 aliphatic carbocycles. The van der Waals surface area contributed by atoms with Crippen LogP contribution in [0.2, 0.25) is 0 Å². The quantitative estimate of drug-likeness (QED) is 0.148. The number of aryl methyl sites for hydroxylation is 1. The number of aromatic amines is 1. The van der Waals surface area contributed by atoms with Gasteiger partial charge in [-0.05, 0) is 122 Å². The number of amides is 1. The number of Topliss-reactive ketones (excluding diaryl/α,β-unsaturated/α-hetero) is 2. The SMILES string of the molecule is Cc1cc(-c2ccc(CC(CC(=O)C3CCC(CN)CC3)C(=O)Nc3ccc(-c4nn[nH]n4)cc3)cc2)ccc1C(=O)CC1CC1. The molecule has 9 nitrogen and oxygen atoms in total. The molecule has 0 spiro atoms. The molecule has 3 aromatic carbocycles. The Morgan fingerprint density at radius 2 is 1.54 bits per heavy atom. The van der Waals surface area contributed by atoms with Gasteiger partial charge in [-0.1, -0.05) is 42.5 Å². The zero-order valence-electron chi connectivity index (χ0n) is 26.4. The molecular weight excluding hydrogens is 576 g/mol. The van der Waals surface area contributed by atoms with Gasteiger partial charge in [-0.2, -0.15) is 5.21 Å². The van der Waals surface area contributed by atoms with E-state index in [9.17, 15) is 14.4 Å². The third-order valence-corrected chi connectivity index (χ3v) is 9.68. The second kappa shape index (κ2) is 14.3. The molecule has 0 saturated heterocycles. The number of carbonyl (C=O) groups is 3. The van der Waals surface area contributed by atoms with Crippen molar-refractivity contribution >= 4 is 23.2 Å². The number of anilines is 1. The smallest absolute Gasteiger partial charge is 0.228 e. The average molecular weight is 619 g/mol. The first kappa shape index (κ1) is 31.5. The Kier molecular flexibility index (Phi) is 9.78. The average Bonchev–Trinajstić information content (AvgIpc) is 3.72. The highest BCUT2D eigenvalue weighted by Gasteiger charge is 2.30. The van der Waals surface area contributed by atoms with E-state index in [0.29, 0.717) is 42.7 Å². The largest absolute Gasteiger partial charge is 0.330 e. The van der Waals surface area contributed by atoms with Gasteiger partial charge in [-0.15, -0.1) is 10.2 Å². The number of tetrazole rings is 1. The number of aromatic nitrogens is 4. The lowest BCUT2D eigenvalue weighted by Crippen LogP contribution is -2.31. The van der Waals surface area contributed by atoms with Gasteiger partial charge in [0, 0.05) is 41.5 Å². The zero-order chi connectivity index (χ0) is 32.0. The number of nitrogens with one attached hydrogen (secondary N) is 2. The summed E-state index contributed by atoms with van der Waals surface area (Å²) in [5.74, 6) is 1.21. The van der Waals surface area contributed by atoms with Crippen LogP contribution in [0.1, 0.15) is 72.9 Å². The summed E-state index contributed by atoms with van der Waals surface area (Å²) in [7, 11) is 0. The van der Waals surface area contributed by atoms with Gasteiger partial charge < -0.3 is 11.1 Å². The first-order valence-electron chi connectivity index (χ1n) is 16.5. The second-order valence-corrected chi connectivity index (χ2v) is 13.1. The Labute approximate surface area is 269 Å². The molecule has 46 heavy (non-hydrogen) atoms. The molecular formula is C37H42N6O3. The van der Waals surface area contributed by atoms with E-state index in [0.717, 1.165) is 71.9 Å². The van der Waals surface area contributed by atoms with Crippen LogP contribution >= 0.6 is 0 Å². The fourth-order valence-corrected chi connectivity index (χ4v) is 6.59. The maximum atomic E-state index is 13.7. The Morgan fingerprint density at radius 1 is 0.870 bits per heavy atom. The standard InChI is InChI=1S/C37H42N6O3/c1-23-18-30(14-17-33(23)35(45)20-25-2-3-25)27-8-4-24(5-9-27)19-31(21-34(44)28-10-6-26(22-38)7-11-28)37(46)39-32-15-12-29(13-16-32)36-40-42-43-41-36/h4-5,8-9,12-18,25-26,28,31H,2-3,6-7,10-11,19-22,38H2,1H3,(H,39,46)(H,40,41,42,43). The van der Waals surface area contributed by atoms with E-state index in [1.807, 2.05) is 43.3 Å². The van der Waals surface area contributed by atoms with Crippen LogP contribution in [0, 0.1) is 30.6 Å². The minimum Gasteiger partial charge on any atom is -0.330 e. The number of hydrogen-bond donors (Lipinski definition) is 3. The Bertz CT molecular complexity index is 1650. The lowest BCUT2D eigenvalue weighted by atomic mass is 9.77. The number of carbonyl (C=O) groups excluding carboxylic acids is 3. The fourth-order valence-electron chi connectivity index (χ4n) is 6.59. The number of rotatable bonds is 13. The van der Waals surface area contributed by atoms with Crippen molar-refractivity contribution in [3.05, 3.63) is 83.4 Å². The second-order valence-electron chi connectivity index (χ2n) is 13.1. The number of H-pyrrole nitrogens is 1. The summed E-state index contributed by atoms with van der Waals surface area (Å²) in [6.45, 7) is 2.66.